The molecule has 11 heteroatoms. The van der Waals surface area contributed by atoms with Gasteiger partial charge in [-0.3, -0.25) is 4.79 Å². The Labute approximate surface area is 179 Å². The zero-order valence-corrected chi connectivity index (χ0v) is 16.9. The summed E-state index contributed by atoms with van der Waals surface area (Å²) in [6.07, 6.45) is -2.50. The van der Waals surface area contributed by atoms with Crippen LogP contribution in [0.25, 0.3) is 5.82 Å². The Morgan fingerprint density at radius 1 is 1.16 bits per heavy atom. The van der Waals surface area contributed by atoms with Gasteiger partial charge in [-0.1, -0.05) is 17.7 Å². The van der Waals surface area contributed by atoms with Gasteiger partial charge in [-0.05, 0) is 36.8 Å². The topological polar surface area (TPSA) is 69.5 Å². The van der Waals surface area contributed by atoms with Gasteiger partial charge in [0.1, 0.15) is 5.02 Å². The molecule has 0 saturated heterocycles. The molecule has 4 rings (SSSR count). The zero-order valence-electron chi connectivity index (χ0n) is 16.2. The van der Waals surface area contributed by atoms with Crippen LogP contribution in [0.2, 0.25) is 5.02 Å². The molecule has 0 amide bonds. The number of hydrogen-bond donors (Lipinski definition) is 0. The molecule has 0 N–H and O–H groups in total. The van der Waals surface area contributed by atoms with Crippen LogP contribution in [0.1, 0.15) is 18.1 Å². The number of hydrogen-bond acceptors (Lipinski definition) is 6. The minimum atomic E-state index is -4.53. The van der Waals surface area contributed by atoms with Crippen molar-refractivity contribution in [2.24, 2.45) is 0 Å². The molecule has 31 heavy (non-hydrogen) atoms. The molecule has 0 unspecified atom stereocenters. The first-order valence-corrected chi connectivity index (χ1v) is 9.60. The lowest BCUT2D eigenvalue weighted by Crippen LogP contribution is -2.29. The quantitative estimate of drug-likeness (QED) is 0.581. The molecular formula is C20H16ClF3N4O3. The molecule has 1 aromatic carbocycles. The maximum Gasteiger partial charge on any atom is 0.417 e. The number of aromatic nitrogens is 3. The lowest BCUT2D eigenvalue weighted by Gasteiger charge is -2.24. The molecule has 0 spiro atoms. The number of anilines is 1. The van der Waals surface area contributed by atoms with Gasteiger partial charge in [0.25, 0.3) is 5.56 Å². The summed E-state index contributed by atoms with van der Waals surface area (Å²) in [5.41, 5.74) is -0.297. The lowest BCUT2D eigenvalue weighted by molar-refractivity contribution is -0.137. The molecular weight excluding hydrogens is 437 g/mol. The van der Waals surface area contributed by atoms with E-state index in [-0.39, 0.29) is 17.6 Å². The van der Waals surface area contributed by atoms with Crippen molar-refractivity contribution in [2.75, 3.05) is 18.2 Å². The van der Waals surface area contributed by atoms with E-state index in [9.17, 15) is 18.0 Å². The number of benzene rings is 1. The molecule has 0 bridgehead atoms. The average Bonchev–Trinajstić information content (AvgIpc) is 3.21. The van der Waals surface area contributed by atoms with Crippen LogP contribution >= 0.6 is 11.6 Å². The third-order valence-electron chi connectivity index (χ3n) is 4.73. The van der Waals surface area contributed by atoms with Crippen molar-refractivity contribution in [3.63, 3.8) is 0 Å². The summed E-state index contributed by atoms with van der Waals surface area (Å²) in [4.78, 5) is 18.3. The number of halogens is 4. The van der Waals surface area contributed by atoms with Crippen molar-refractivity contribution in [1.82, 2.24) is 14.8 Å². The number of pyridine rings is 1. The summed E-state index contributed by atoms with van der Waals surface area (Å²) in [6.45, 7) is 3.02. The van der Waals surface area contributed by atoms with Gasteiger partial charge >= 0.3 is 6.18 Å². The van der Waals surface area contributed by atoms with Gasteiger partial charge < -0.3 is 14.4 Å². The summed E-state index contributed by atoms with van der Waals surface area (Å²) >= 11 is 6.32. The molecule has 1 aliphatic rings. The molecule has 0 fully saturated rings. The summed E-state index contributed by atoms with van der Waals surface area (Å²) in [5.74, 6) is 1.24. The fourth-order valence-corrected chi connectivity index (χ4v) is 3.36. The Balaban J connectivity index is 1.62. The van der Waals surface area contributed by atoms with Crippen LogP contribution in [0.5, 0.6) is 11.5 Å². The molecule has 0 aliphatic carbocycles. The van der Waals surface area contributed by atoms with E-state index in [1.807, 2.05) is 24.0 Å². The Bertz CT molecular complexity index is 1170. The SMILES string of the molecule is CCN(Cc1ccc2c(c1)OCO2)c1cnn(-c2ccc(C(F)(F)F)cn2)c(=O)c1Cl. The highest BCUT2D eigenvalue weighted by Gasteiger charge is 2.31. The van der Waals surface area contributed by atoms with Gasteiger partial charge in [0.05, 0.1) is 17.4 Å². The highest BCUT2D eigenvalue weighted by atomic mass is 35.5. The van der Waals surface area contributed by atoms with Crippen LogP contribution in [-0.2, 0) is 12.7 Å². The van der Waals surface area contributed by atoms with Crippen LogP contribution in [0.4, 0.5) is 18.9 Å². The summed E-state index contributed by atoms with van der Waals surface area (Å²) in [5, 5.41) is 3.95. The molecule has 3 heterocycles. The van der Waals surface area contributed by atoms with Crippen LogP contribution in [0.15, 0.2) is 47.5 Å². The van der Waals surface area contributed by atoms with E-state index in [4.69, 9.17) is 21.1 Å². The minimum Gasteiger partial charge on any atom is -0.454 e. The minimum absolute atomic E-state index is 0.0646. The second-order valence-electron chi connectivity index (χ2n) is 6.67. The van der Waals surface area contributed by atoms with Crippen LogP contribution in [-0.4, -0.2) is 28.1 Å². The summed E-state index contributed by atoms with van der Waals surface area (Å²) in [7, 11) is 0. The van der Waals surface area contributed by atoms with Crippen molar-refractivity contribution in [3.8, 4) is 17.3 Å². The van der Waals surface area contributed by atoms with Gasteiger partial charge in [0.15, 0.2) is 17.3 Å². The van der Waals surface area contributed by atoms with E-state index in [0.717, 1.165) is 22.4 Å². The zero-order chi connectivity index (χ0) is 22.2. The molecule has 7 nitrogen and oxygen atoms in total. The largest absolute Gasteiger partial charge is 0.454 e. The number of ether oxygens (including phenoxy) is 2. The van der Waals surface area contributed by atoms with Crippen LogP contribution in [0, 0.1) is 0 Å². The van der Waals surface area contributed by atoms with E-state index in [1.54, 1.807) is 6.07 Å². The Kier molecular flexibility index (Phi) is 5.48. The van der Waals surface area contributed by atoms with Gasteiger partial charge in [0, 0.05) is 19.3 Å². The molecule has 2 aromatic heterocycles. The molecule has 1 aliphatic heterocycles. The fourth-order valence-electron chi connectivity index (χ4n) is 3.11. The van der Waals surface area contributed by atoms with E-state index < -0.39 is 17.3 Å². The number of alkyl halides is 3. The van der Waals surface area contributed by atoms with Gasteiger partial charge in [0.2, 0.25) is 6.79 Å². The number of rotatable bonds is 5. The van der Waals surface area contributed by atoms with Gasteiger partial charge in [-0.15, -0.1) is 0 Å². The molecule has 162 valence electrons. The third-order valence-corrected chi connectivity index (χ3v) is 5.08. The Hall–Kier alpha value is -3.27. The highest BCUT2D eigenvalue weighted by molar-refractivity contribution is 6.33. The van der Waals surface area contributed by atoms with E-state index in [2.05, 4.69) is 10.1 Å². The van der Waals surface area contributed by atoms with Gasteiger partial charge in [-0.25, -0.2) is 4.98 Å². The van der Waals surface area contributed by atoms with Crippen LogP contribution in [0.3, 0.4) is 0 Å². The van der Waals surface area contributed by atoms with Crippen molar-refractivity contribution in [3.05, 3.63) is 69.2 Å². The standard InChI is InChI=1S/C20H16ClF3N4O3/c1-2-27(10-12-3-5-15-16(7-12)31-11-30-15)14-9-26-28(19(29)18(14)21)17-6-4-13(8-25-17)20(22,23)24/h3-9H,2,10-11H2,1H3. The second-order valence-corrected chi connectivity index (χ2v) is 7.04. The molecule has 3 aromatic rings. The van der Waals surface area contributed by atoms with Crippen molar-refractivity contribution >= 4 is 17.3 Å². The van der Waals surface area contributed by atoms with Crippen molar-refractivity contribution in [2.45, 2.75) is 19.6 Å². The third kappa shape index (κ3) is 4.15. The first-order valence-electron chi connectivity index (χ1n) is 9.23. The second kappa shape index (κ2) is 8.10. The molecule has 0 radical (unpaired) electrons. The van der Waals surface area contributed by atoms with E-state index >= 15 is 0 Å². The normalized spacial score (nSPS) is 12.8. The van der Waals surface area contributed by atoms with Gasteiger partial charge in [-0.2, -0.15) is 23.0 Å². The van der Waals surface area contributed by atoms with E-state index in [0.29, 0.717) is 36.5 Å². The predicted octanol–water partition coefficient (Wildman–Crippen LogP) is 4.05. The fraction of sp³-hybridized carbons (Fsp3) is 0.250. The maximum absolute atomic E-state index is 12.7. The number of nitrogens with zero attached hydrogens (tertiary/aromatic N) is 4. The molecule has 0 saturated carbocycles. The first-order chi connectivity index (χ1) is 14.8. The maximum atomic E-state index is 12.7. The first kappa shape index (κ1) is 21.0. The monoisotopic (exact) mass is 452 g/mol. The van der Waals surface area contributed by atoms with Crippen molar-refractivity contribution in [1.29, 1.82) is 0 Å². The summed E-state index contributed by atoms with van der Waals surface area (Å²) < 4.78 is 49.8. The highest BCUT2D eigenvalue weighted by Crippen LogP contribution is 2.33. The average molecular weight is 453 g/mol. The lowest BCUT2D eigenvalue weighted by atomic mass is 10.2. The smallest absolute Gasteiger partial charge is 0.417 e. The Morgan fingerprint density at radius 3 is 2.61 bits per heavy atom. The van der Waals surface area contributed by atoms with E-state index in [1.165, 1.54) is 6.20 Å². The predicted molar refractivity (Wildman–Crippen MR) is 107 cm³/mol. The van der Waals surface area contributed by atoms with Crippen molar-refractivity contribution < 1.29 is 22.6 Å². The van der Waals surface area contributed by atoms with Crippen LogP contribution < -0.4 is 19.9 Å². The summed E-state index contributed by atoms with van der Waals surface area (Å²) in [6, 6.07) is 7.43. The molecule has 0 atom stereocenters. The number of fused-ring (bicyclic) bond motifs is 1. The Morgan fingerprint density at radius 2 is 1.94 bits per heavy atom.